The largest absolute Gasteiger partial charge is 0.493 e. The second-order valence-electron chi connectivity index (χ2n) is 5.81. The molecule has 152 valence electrons. The number of benzene rings is 2. The highest BCUT2D eigenvalue weighted by Crippen LogP contribution is 2.40. The van der Waals surface area contributed by atoms with E-state index in [2.05, 4.69) is 26.2 Å². The Morgan fingerprint density at radius 1 is 1.10 bits per heavy atom. The molecule has 3 rings (SSSR count). The number of aromatic nitrogens is 2. The van der Waals surface area contributed by atoms with Crippen LogP contribution in [-0.4, -0.2) is 42.5 Å². The van der Waals surface area contributed by atoms with E-state index >= 15 is 0 Å². The molecule has 1 amide bonds. The molecular formula is C20H20BrN3O4S. The molecule has 1 aromatic heterocycles. The number of carbonyl (C=O) groups is 1. The van der Waals surface area contributed by atoms with Crippen molar-refractivity contribution >= 4 is 39.3 Å². The van der Waals surface area contributed by atoms with Crippen molar-refractivity contribution in [1.29, 1.82) is 0 Å². The summed E-state index contributed by atoms with van der Waals surface area (Å²) in [7, 11) is 4.59. The summed E-state index contributed by atoms with van der Waals surface area (Å²) in [5.74, 6) is 1.44. The number of amides is 1. The Balaban J connectivity index is 1.68. The van der Waals surface area contributed by atoms with E-state index in [4.69, 9.17) is 14.2 Å². The van der Waals surface area contributed by atoms with Gasteiger partial charge in [-0.05, 0) is 24.3 Å². The van der Waals surface area contributed by atoms with Crippen LogP contribution >= 0.6 is 27.7 Å². The zero-order chi connectivity index (χ0) is 20.8. The standard InChI is InChI=1S/C20H20BrN3O4S/c1-26-16-10-14(11-17(27-2)19(16)28-3)23-18(25)12-29-20-22-8-9-24(20)15-6-4-13(21)5-7-15/h4-11H,12H2,1-3H3,(H,23,25). The van der Waals surface area contributed by atoms with Gasteiger partial charge in [-0.15, -0.1) is 0 Å². The molecule has 2 aromatic carbocycles. The monoisotopic (exact) mass is 477 g/mol. The van der Waals surface area contributed by atoms with Gasteiger partial charge in [0.2, 0.25) is 11.7 Å². The topological polar surface area (TPSA) is 74.6 Å². The van der Waals surface area contributed by atoms with Gasteiger partial charge in [-0.1, -0.05) is 27.7 Å². The third-order valence-corrected chi connectivity index (χ3v) is 5.49. The van der Waals surface area contributed by atoms with Crippen molar-refractivity contribution in [3.63, 3.8) is 0 Å². The number of hydrogen-bond acceptors (Lipinski definition) is 6. The van der Waals surface area contributed by atoms with Gasteiger partial charge >= 0.3 is 0 Å². The van der Waals surface area contributed by atoms with E-state index in [0.717, 1.165) is 15.3 Å². The fourth-order valence-electron chi connectivity index (χ4n) is 2.68. The first-order valence-electron chi connectivity index (χ1n) is 8.57. The molecule has 0 atom stereocenters. The summed E-state index contributed by atoms with van der Waals surface area (Å²) in [4.78, 5) is 16.8. The van der Waals surface area contributed by atoms with Gasteiger partial charge in [0, 0.05) is 40.4 Å². The molecule has 0 spiro atoms. The van der Waals surface area contributed by atoms with Crippen molar-refractivity contribution in [2.45, 2.75) is 5.16 Å². The van der Waals surface area contributed by atoms with Gasteiger partial charge in [0.05, 0.1) is 27.1 Å². The number of thioether (sulfide) groups is 1. The van der Waals surface area contributed by atoms with Crippen LogP contribution in [0, 0.1) is 0 Å². The predicted molar refractivity (Wildman–Crippen MR) is 117 cm³/mol. The van der Waals surface area contributed by atoms with Gasteiger partial charge in [0.25, 0.3) is 0 Å². The van der Waals surface area contributed by atoms with Gasteiger partial charge in [0.15, 0.2) is 16.7 Å². The van der Waals surface area contributed by atoms with E-state index in [9.17, 15) is 4.79 Å². The Morgan fingerprint density at radius 2 is 1.76 bits per heavy atom. The molecule has 29 heavy (non-hydrogen) atoms. The molecule has 0 aliphatic rings. The first-order chi connectivity index (χ1) is 14.0. The van der Waals surface area contributed by atoms with Crippen LogP contribution < -0.4 is 19.5 Å². The van der Waals surface area contributed by atoms with Gasteiger partial charge in [-0.2, -0.15) is 0 Å². The lowest BCUT2D eigenvalue weighted by Crippen LogP contribution is -2.14. The second kappa shape index (κ2) is 9.71. The summed E-state index contributed by atoms with van der Waals surface area (Å²) in [5.41, 5.74) is 1.53. The third kappa shape index (κ3) is 5.04. The minimum Gasteiger partial charge on any atom is -0.493 e. The van der Waals surface area contributed by atoms with E-state index < -0.39 is 0 Å². The molecule has 0 fully saturated rings. The van der Waals surface area contributed by atoms with E-state index in [-0.39, 0.29) is 11.7 Å². The quantitative estimate of drug-likeness (QED) is 0.484. The molecule has 0 aliphatic heterocycles. The number of carbonyl (C=O) groups excluding carboxylic acids is 1. The molecule has 0 saturated heterocycles. The zero-order valence-electron chi connectivity index (χ0n) is 16.1. The summed E-state index contributed by atoms with van der Waals surface area (Å²) in [6.45, 7) is 0. The van der Waals surface area contributed by atoms with Crippen molar-refractivity contribution < 1.29 is 19.0 Å². The number of imidazole rings is 1. The maximum Gasteiger partial charge on any atom is 0.234 e. The molecular weight excluding hydrogens is 458 g/mol. The number of hydrogen-bond donors (Lipinski definition) is 1. The Morgan fingerprint density at radius 3 is 2.34 bits per heavy atom. The van der Waals surface area contributed by atoms with Crippen LogP contribution in [0.25, 0.3) is 5.69 Å². The highest BCUT2D eigenvalue weighted by Gasteiger charge is 2.15. The van der Waals surface area contributed by atoms with E-state index in [1.165, 1.54) is 33.1 Å². The first-order valence-corrected chi connectivity index (χ1v) is 10.4. The minimum absolute atomic E-state index is 0.172. The average molecular weight is 478 g/mol. The maximum absolute atomic E-state index is 12.5. The Labute approximate surface area is 181 Å². The normalized spacial score (nSPS) is 10.5. The molecule has 9 heteroatoms. The molecule has 1 heterocycles. The smallest absolute Gasteiger partial charge is 0.234 e. The molecule has 0 unspecified atom stereocenters. The molecule has 0 saturated carbocycles. The van der Waals surface area contributed by atoms with Gasteiger partial charge < -0.3 is 19.5 Å². The maximum atomic E-state index is 12.5. The van der Waals surface area contributed by atoms with Crippen LogP contribution in [0.4, 0.5) is 5.69 Å². The molecule has 7 nitrogen and oxygen atoms in total. The van der Waals surface area contributed by atoms with Crippen molar-refractivity contribution in [2.24, 2.45) is 0 Å². The fraction of sp³-hybridized carbons (Fsp3) is 0.200. The predicted octanol–water partition coefficient (Wildman–Crippen LogP) is 4.39. The molecule has 0 aliphatic carbocycles. The summed E-state index contributed by atoms with van der Waals surface area (Å²) in [5, 5.41) is 3.58. The summed E-state index contributed by atoms with van der Waals surface area (Å²) in [6.07, 6.45) is 3.57. The van der Waals surface area contributed by atoms with Crippen LogP contribution in [0.5, 0.6) is 17.2 Å². The highest BCUT2D eigenvalue weighted by molar-refractivity contribution is 9.10. The summed E-state index contributed by atoms with van der Waals surface area (Å²) in [6, 6.07) is 11.2. The Hall–Kier alpha value is -2.65. The number of rotatable bonds is 8. The van der Waals surface area contributed by atoms with Crippen LogP contribution in [0.2, 0.25) is 0 Å². The Bertz CT molecular complexity index is 967. The van der Waals surface area contributed by atoms with E-state index in [1.807, 2.05) is 35.0 Å². The summed E-state index contributed by atoms with van der Waals surface area (Å²) >= 11 is 4.78. The third-order valence-electron chi connectivity index (χ3n) is 3.99. The zero-order valence-corrected chi connectivity index (χ0v) is 18.5. The number of halogens is 1. The number of nitrogens with one attached hydrogen (secondary N) is 1. The molecule has 0 radical (unpaired) electrons. The highest BCUT2D eigenvalue weighted by atomic mass is 79.9. The summed E-state index contributed by atoms with van der Waals surface area (Å²) < 4.78 is 18.9. The molecule has 3 aromatic rings. The van der Waals surface area contributed by atoms with E-state index in [1.54, 1.807) is 18.3 Å². The number of anilines is 1. The number of methoxy groups -OCH3 is 3. The lowest BCUT2D eigenvalue weighted by Gasteiger charge is -2.14. The van der Waals surface area contributed by atoms with Gasteiger partial charge in [0.1, 0.15) is 0 Å². The van der Waals surface area contributed by atoms with Gasteiger partial charge in [-0.3, -0.25) is 9.36 Å². The average Bonchev–Trinajstić information content (AvgIpc) is 3.20. The van der Waals surface area contributed by atoms with Gasteiger partial charge in [-0.25, -0.2) is 4.98 Å². The van der Waals surface area contributed by atoms with Crippen LogP contribution in [0.1, 0.15) is 0 Å². The number of nitrogens with zero attached hydrogens (tertiary/aromatic N) is 2. The minimum atomic E-state index is -0.172. The molecule has 1 N–H and O–H groups in total. The van der Waals surface area contributed by atoms with Crippen molar-refractivity contribution in [3.05, 3.63) is 53.3 Å². The van der Waals surface area contributed by atoms with Crippen LogP contribution in [0.15, 0.2) is 58.4 Å². The SMILES string of the molecule is COc1cc(NC(=O)CSc2nccn2-c2ccc(Br)cc2)cc(OC)c1OC. The lowest BCUT2D eigenvalue weighted by molar-refractivity contribution is -0.113. The van der Waals surface area contributed by atoms with Crippen molar-refractivity contribution in [2.75, 3.05) is 32.4 Å². The van der Waals surface area contributed by atoms with Crippen molar-refractivity contribution in [3.8, 4) is 22.9 Å². The van der Waals surface area contributed by atoms with Crippen molar-refractivity contribution in [1.82, 2.24) is 9.55 Å². The second-order valence-corrected chi connectivity index (χ2v) is 7.67. The lowest BCUT2D eigenvalue weighted by atomic mass is 10.2. The number of ether oxygens (including phenoxy) is 3. The van der Waals surface area contributed by atoms with E-state index in [0.29, 0.717) is 22.9 Å². The van der Waals surface area contributed by atoms with Crippen LogP contribution in [-0.2, 0) is 4.79 Å². The first kappa shape index (κ1) is 21.1. The Kier molecular flexibility index (Phi) is 7.05. The molecule has 0 bridgehead atoms. The fourth-order valence-corrected chi connectivity index (χ4v) is 3.71. The van der Waals surface area contributed by atoms with Crippen LogP contribution in [0.3, 0.4) is 0 Å².